The van der Waals surface area contributed by atoms with E-state index in [-0.39, 0.29) is 5.54 Å². The Bertz CT molecular complexity index is 643. The predicted octanol–water partition coefficient (Wildman–Crippen LogP) is 2.67. The first-order chi connectivity index (χ1) is 10.5. The molecule has 22 heavy (non-hydrogen) atoms. The van der Waals surface area contributed by atoms with Crippen molar-refractivity contribution in [3.8, 4) is 5.69 Å². The molecule has 1 aliphatic heterocycles. The Morgan fingerprint density at radius 3 is 2.59 bits per heavy atom. The number of rotatable bonds is 3. The molecule has 0 aliphatic carbocycles. The lowest BCUT2D eigenvalue weighted by Crippen LogP contribution is -2.56. The second-order valence-corrected chi connectivity index (χ2v) is 6.92. The largest absolute Gasteiger partial charge is 0.309 e. The van der Waals surface area contributed by atoms with Gasteiger partial charge in [0, 0.05) is 43.0 Å². The maximum atomic E-state index is 4.76. The zero-order chi connectivity index (χ0) is 15.7. The van der Waals surface area contributed by atoms with E-state index in [2.05, 4.69) is 66.9 Å². The highest BCUT2D eigenvalue weighted by atomic mass is 15.3. The van der Waals surface area contributed by atoms with E-state index >= 15 is 0 Å². The molecule has 0 bridgehead atoms. The molecule has 0 atom stereocenters. The Morgan fingerprint density at radius 2 is 1.91 bits per heavy atom. The molecule has 1 aliphatic rings. The quantitative estimate of drug-likeness (QED) is 0.946. The van der Waals surface area contributed by atoms with Gasteiger partial charge >= 0.3 is 0 Å². The van der Waals surface area contributed by atoms with Crippen LogP contribution in [0.3, 0.4) is 0 Å². The molecule has 2 heterocycles. The molecule has 4 heteroatoms. The van der Waals surface area contributed by atoms with Gasteiger partial charge in [0.1, 0.15) is 0 Å². The van der Waals surface area contributed by atoms with Gasteiger partial charge in [-0.3, -0.25) is 4.90 Å². The van der Waals surface area contributed by atoms with Crippen LogP contribution < -0.4 is 5.32 Å². The molecule has 0 radical (unpaired) electrons. The van der Waals surface area contributed by atoms with Crippen molar-refractivity contribution in [3.63, 3.8) is 0 Å². The molecule has 1 saturated heterocycles. The predicted molar refractivity (Wildman–Crippen MR) is 90.4 cm³/mol. The molecular formula is C18H26N4. The van der Waals surface area contributed by atoms with Crippen molar-refractivity contribution in [2.45, 2.75) is 39.8 Å². The van der Waals surface area contributed by atoms with Crippen LogP contribution in [0.2, 0.25) is 0 Å². The Labute approximate surface area is 133 Å². The highest BCUT2D eigenvalue weighted by Crippen LogP contribution is 2.21. The molecule has 4 nitrogen and oxygen atoms in total. The Balaban J connectivity index is 1.84. The van der Waals surface area contributed by atoms with E-state index in [0.717, 1.165) is 37.6 Å². The van der Waals surface area contributed by atoms with Crippen molar-refractivity contribution in [1.82, 2.24) is 20.0 Å². The minimum absolute atomic E-state index is 0.190. The molecule has 2 aromatic rings. The number of nitrogens with zero attached hydrogens (tertiary/aromatic N) is 3. The molecular weight excluding hydrogens is 272 g/mol. The summed E-state index contributed by atoms with van der Waals surface area (Å²) in [6.45, 7) is 13.0. The van der Waals surface area contributed by atoms with Crippen molar-refractivity contribution in [2.24, 2.45) is 0 Å². The van der Waals surface area contributed by atoms with Crippen LogP contribution in [0.1, 0.15) is 30.8 Å². The van der Waals surface area contributed by atoms with Crippen LogP contribution in [0.15, 0.2) is 30.3 Å². The lowest BCUT2D eigenvalue weighted by Gasteiger charge is -2.39. The van der Waals surface area contributed by atoms with Crippen LogP contribution in [0, 0.1) is 13.8 Å². The number of hydrogen-bond donors (Lipinski definition) is 1. The number of aryl methyl sites for hydroxylation is 1. The van der Waals surface area contributed by atoms with Crippen molar-refractivity contribution < 1.29 is 0 Å². The third-order valence-corrected chi connectivity index (χ3v) is 4.47. The highest BCUT2D eigenvalue weighted by molar-refractivity contribution is 5.36. The molecule has 0 spiro atoms. The van der Waals surface area contributed by atoms with Gasteiger partial charge < -0.3 is 5.32 Å². The van der Waals surface area contributed by atoms with Gasteiger partial charge in [-0.15, -0.1) is 0 Å². The van der Waals surface area contributed by atoms with Gasteiger partial charge in [0.2, 0.25) is 0 Å². The minimum atomic E-state index is 0.190. The second-order valence-electron chi connectivity index (χ2n) is 6.92. The second kappa shape index (κ2) is 5.86. The maximum absolute atomic E-state index is 4.76. The van der Waals surface area contributed by atoms with E-state index in [1.54, 1.807) is 0 Å². The molecule has 1 N–H and O–H groups in total. The van der Waals surface area contributed by atoms with Gasteiger partial charge in [0.25, 0.3) is 0 Å². The maximum Gasteiger partial charge on any atom is 0.0648 e. The smallest absolute Gasteiger partial charge is 0.0648 e. The van der Waals surface area contributed by atoms with Gasteiger partial charge in [-0.1, -0.05) is 18.2 Å². The van der Waals surface area contributed by atoms with Crippen LogP contribution in [-0.2, 0) is 6.54 Å². The average molecular weight is 298 g/mol. The van der Waals surface area contributed by atoms with Crippen molar-refractivity contribution >= 4 is 0 Å². The Morgan fingerprint density at radius 1 is 1.18 bits per heavy atom. The van der Waals surface area contributed by atoms with Gasteiger partial charge in [-0.2, -0.15) is 5.10 Å². The fraction of sp³-hybridized carbons (Fsp3) is 0.500. The van der Waals surface area contributed by atoms with E-state index in [1.807, 2.05) is 6.07 Å². The van der Waals surface area contributed by atoms with Crippen LogP contribution in [0.4, 0.5) is 0 Å². The number of nitrogens with one attached hydrogen (secondary N) is 1. The van der Waals surface area contributed by atoms with E-state index in [0.29, 0.717) is 0 Å². The van der Waals surface area contributed by atoms with Gasteiger partial charge in [-0.05, 0) is 39.8 Å². The Hall–Kier alpha value is -1.65. The summed E-state index contributed by atoms with van der Waals surface area (Å²) in [7, 11) is 0. The average Bonchev–Trinajstić information content (AvgIpc) is 2.75. The zero-order valence-corrected chi connectivity index (χ0v) is 14.1. The van der Waals surface area contributed by atoms with E-state index < -0.39 is 0 Å². The summed E-state index contributed by atoms with van der Waals surface area (Å²) in [5, 5.41) is 8.33. The summed E-state index contributed by atoms with van der Waals surface area (Å²) in [4.78, 5) is 2.53. The number of para-hydroxylation sites is 1. The number of piperazine rings is 1. The molecule has 118 valence electrons. The van der Waals surface area contributed by atoms with E-state index in [1.165, 1.54) is 11.3 Å². The summed E-state index contributed by atoms with van der Waals surface area (Å²) < 4.78 is 2.07. The molecule has 0 unspecified atom stereocenters. The van der Waals surface area contributed by atoms with Gasteiger partial charge in [0.15, 0.2) is 0 Å². The third-order valence-electron chi connectivity index (χ3n) is 4.47. The van der Waals surface area contributed by atoms with Crippen LogP contribution in [-0.4, -0.2) is 39.9 Å². The van der Waals surface area contributed by atoms with Crippen LogP contribution in [0.5, 0.6) is 0 Å². The van der Waals surface area contributed by atoms with E-state index in [4.69, 9.17) is 5.10 Å². The summed E-state index contributed by atoms with van der Waals surface area (Å²) in [6, 6.07) is 10.4. The SMILES string of the molecule is Cc1nn(-c2ccccc2)c(C)c1CN1CCNC(C)(C)C1. The standard InChI is InChI=1S/C18H26N4/c1-14-17(12-21-11-10-19-18(3,4)13-21)15(2)22(20-14)16-8-6-5-7-9-16/h5-9,19H,10-13H2,1-4H3. The molecule has 1 fully saturated rings. The first kappa shape index (κ1) is 15.3. The normalized spacial score (nSPS) is 18.5. The minimum Gasteiger partial charge on any atom is -0.309 e. The van der Waals surface area contributed by atoms with Crippen molar-refractivity contribution in [1.29, 1.82) is 0 Å². The van der Waals surface area contributed by atoms with Crippen molar-refractivity contribution in [2.75, 3.05) is 19.6 Å². The third kappa shape index (κ3) is 3.08. The number of aromatic nitrogens is 2. The highest BCUT2D eigenvalue weighted by Gasteiger charge is 2.26. The Kier molecular flexibility index (Phi) is 4.06. The topological polar surface area (TPSA) is 33.1 Å². The number of hydrogen-bond acceptors (Lipinski definition) is 3. The van der Waals surface area contributed by atoms with Gasteiger partial charge in [-0.25, -0.2) is 4.68 Å². The molecule has 1 aromatic carbocycles. The molecule has 1 aromatic heterocycles. The monoisotopic (exact) mass is 298 g/mol. The summed E-state index contributed by atoms with van der Waals surface area (Å²) in [6.07, 6.45) is 0. The van der Waals surface area contributed by atoms with Crippen LogP contribution >= 0.6 is 0 Å². The fourth-order valence-electron chi connectivity index (χ4n) is 3.33. The molecule has 0 saturated carbocycles. The summed E-state index contributed by atoms with van der Waals surface area (Å²) in [5.74, 6) is 0. The molecule has 3 rings (SSSR count). The first-order valence-corrected chi connectivity index (χ1v) is 8.04. The first-order valence-electron chi connectivity index (χ1n) is 8.04. The summed E-state index contributed by atoms with van der Waals surface area (Å²) in [5.41, 5.74) is 5.07. The molecule has 0 amide bonds. The van der Waals surface area contributed by atoms with Crippen LogP contribution in [0.25, 0.3) is 5.69 Å². The lowest BCUT2D eigenvalue weighted by atomic mass is 10.0. The van der Waals surface area contributed by atoms with Gasteiger partial charge in [0.05, 0.1) is 11.4 Å². The fourth-order valence-corrected chi connectivity index (χ4v) is 3.33. The summed E-state index contributed by atoms with van der Waals surface area (Å²) >= 11 is 0. The number of benzene rings is 1. The van der Waals surface area contributed by atoms with Crippen molar-refractivity contribution in [3.05, 3.63) is 47.3 Å². The lowest BCUT2D eigenvalue weighted by molar-refractivity contribution is 0.148. The van der Waals surface area contributed by atoms with E-state index in [9.17, 15) is 0 Å². The zero-order valence-electron chi connectivity index (χ0n) is 14.1.